The molecule has 118 valence electrons. The van der Waals surface area contributed by atoms with Crippen LogP contribution in [-0.4, -0.2) is 20.4 Å². The standard InChI is InChI=1S/C20H15NO3/c1-21(2)17-8-5-14(6-9-17)3-4-15-7-10-18-16(13-22)12-20(23)24-19(18)11-15/h5-13H,1-2H3. The summed E-state index contributed by atoms with van der Waals surface area (Å²) in [6.07, 6.45) is 0.650. The van der Waals surface area contributed by atoms with E-state index in [1.54, 1.807) is 18.2 Å². The van der Waals surface area contributed by atoms with Gasteiger partial charge >= 0.3 is 5.63 Å². The maximum Gasteiger partial charge on any atom is 0.336 e. The molecule has 0 radical (unpaired) electrons. The molecule has 0 unspecified atom stereocenters. The van der Waals surface area contributed by atoms with Crippen molar-refractivity contribution in [3.8, 4) is 11.8 Å². The average Bonchev–Trinajstić information content (AvgIpc) is 2.59. The van der Waals surface area contributed by atoms with Gasteiger partial charge in [-0.15, -0.1) is 0 Å². The van der Waals surface area contributed by atoms with Gasteiger partial charge in [0, 0.05) is 47.9 Å². The van der Waals surface area contributed by atoms with Crippen LogP contribution in [0.1, 0.15) is 21.5 Å². The summed E-state index contributed by atoms with van der Waals surface area (Å²) in [5.41, 5.74) is 2.84. The lowest BCUT2D eigenvalue weighted by Gasteiger charge is -2.11. The third-order valence-corrected chi connectivity index (χ3v) is 3.64. The SMILES string of the molecule is CN(C)c1ccc(C#Cc2ccc3c(C=O)cc(=O)oc3c2)cc1. The Bertz CT molecular complexity index is 1020. The highest BCUT2D eigenvalue weighted by molar-refractivity contribution is 5.95. The topological polar surface area (TPSA) is 50.5 Å². The zero-order chi connectivity index (χ0) is 17.1. The molecule has 2 aromatic carbocycles. The molecule has 0 atom stereocenters. The van der Waals surface area contributed by atoms with E-state index in [9.17, 15) is 9.59 Å². The number of rotatable bonds is 2. The molecule has 0 aliphatic rings. The fraction of sp³-hybridized carbons (Fsp3) is 0.100. The summed E-state index contributed by atoms with van der Waals surface area (Å²) in [7, 11) is 3.97. The second kappa shape index (κ2) is 6.43. The van der Waals surface area contributed by atoms with E-state index in [0.29, 0.717) is 28.4 Å². The first-order valence-electron chi connectivity index (χ1n) is 7.39. The van der Waals surface area contributed by atoms with Crippen LogP contribution in [0, 0.1) is 11.8 Å². The van der Waals surface area contributed by atoms with Crippen molar-refractivity contribution in [1.82, 2.24) is 0 Å². The Kier molecular flexibility index (Phi) is 4.17. The smallest absolute Gasteiger partial charge is 0.336 e. The molecule has 0 N–H and O–H groups in total. The average molecular weight is 317 g/mol. The Balaban J connectivity index is 1.96. The molecule has 3 rings (SSSR count). The number of anilines is 1. The molecule has 0 saturated heterocycles. The van der Waals surface area contributed by atoms with Gasteiger partial charge in [-0.2, -0.15) is 0 Å². The van der Waals surface area contributed by atoms with Crippen molar-refractivity contribution in [2.45, 2.75) is 0 Å². The van der Waals surface area contributed by atoms with Crippen LogP contribution >= 0.6 is 0 Å². The predicted octanol–water partition coefficient (Wildman–Crippen LogP) is 3.07. The number of hydrogen-bond acceptors (Lipinski definition) is 4. The van der Waals surface area contributed by atoms with Gasteiger partial charge in [-0.05, 0) is 42.5 Å². The number of aldehydes is 1. The Labute approximate surface area is 139 Å². The molecule has 0 amide bonds. The molecule has 1 heterocycles. The number of fused-ring (bicyclic) bond motifs is 1. The van der Waals surface area contributed by atoms with E-state index in [1.807, 2.05) is 43.3 Å². The molecule has 3 aromatic rings. The molecule has 0 fully saturated rings. The van der Waals surface area contributed by atoms with Gasteiger partial charge in [-0.3, -0.25) is 4.79 Å². The Morgan fingerprint density at radius 2 is 1.62 bits per heavy atom. The van der Waals surface area contributed by atoms with Gasteiger partial charge in [0.05, 0.1) is 0 Å². The Hall–Kier alpha value is -3.32. The van der Waals surface area contributed by atoms with Crippen LogP contribution in [0.15, 0.2) is 57.7 Å². The third kappa shape index (κ3) is 3.21. The van der Waals surface area contributed by atoms with E-state index in [4.69, 9.17) is 4.42 Å². The lowest BCUT2D eigenvalue weighted by atomic mass is 10.1. The zero-order valence-corrected chi connectivity index (χ0v) is 13.4. The number of carbonyl (C=O) groups excluding carboxylic acids is 1. The summed E-state index contributed by atoms with van der Waals surface area (Å²) in [5, 5.41) is 0.602. The van der Waals surface area contributed by atoms with Crippen LogP contribution in [0.2, 0.25) is 0 Å². The number of nitrogens with zero attached hydrogens (tertiary/aromatic N) is 1. The highest BCUT2D eigenvalue weighted by Crippen LogP contribution is 2.17. The molecule has 0 bridgehead atoms. The summed E-state index contributed by atoms with van der Waals surface area (Å²) in [4.78, 5) is 24.5. The van der Waals surface area contributed by atoms with Gasteiger partial charge in [0.25, 0.3) is 0 Å². The van der Waals surface area contributed by atoms with Gasteiger partial charge in [0.15, 0.2) is 6.29 Å². The lowest BCUT2D eigenvalue weighted by Crippen LogP contribution is -2.07. The van der Waals surface area contributed by atoms with Gasteiger partial charge in [0.2, 0.25) is 0 Å². The van der Waals surface area contributed by atoms with Crippen molar-refractivity contribution < 1.29 is 9.21 Å². The minimum atomic E-state index is -0.547. The van der Waals surface area contributed by atoms with Crippen molar-refractivity contribution in [2.75, 3.05) is 19.0 Å². The molecule has 1 aromatic heterocycles. The molecule has 4 heteroatoms. The second-order valence-corrected chi connectivity index (χ2v) is 5.54. The molecule has 0 aliphatic heterocycles. The van der Waals surface area contributed by atoms with Crippen molar-refractivity contribution in [3.05, 3.63) is 75.6 Å². The fourth-order valence-corrected chi connectivity index (χ4v) is 2.35. The lowest BCUT2D eigenvalue weighted by molar-refractivity contribution is 0.112. The van der Waals surface area contributed by atoms with Crippen molar-refractivity contribution in [1.29, 1.82) is 0 Å². The normalized spacial score (nSPS) is 10.1. The Morgan fingerprint density at radius 1 is 0.958 bits per heavy atom. The number of benzene rings is 2. The van der Waals surface area contributed by atoms with E-state index in [2.05, 4.69) is 11.8 Å². The fourth-order valence-electron chi connectivity index (χ4n) is 2.35. The third-order valence-electron chi connectivity index (χ3n) is 3.64. The van der Waals surface area contributed by atoms with Gasteiger partial charge in [-0.25, -0.2) is 4.79 Å². The number of carbonyl (C=O) groups is 1. The second-order valence-electron chi connectivity index (χ2n) is 5.54. The quantitative estimate of drug-likeness (QED) is 0.414. The first kappa shape index (κ1) is 15.6. The molecule has 24 heavy (non-hydrogen) atoms. The van der Waals surface area contributed by atoms with Crippen LogP contribution < -0.4 is 10.5 Å². The zero-order valence-electron chi connectivity index (χ0n) is 13.4. The van der Waals surface area contributed by atoms with E-state index in [-0.39, 0.29) is 0 Å². The Morgan fingerprint density at radius 3 is 2.29 bits per heavy atom. The number of hydrogen-bond donors (Lipinski definition) is 0. The largest absolute Gasteiger partial charge is 0.423 e. The first-order valence-corrected chi connectivity index (χ1v) is 7.39. The summed E-state index contributed by atoms with van der Waals surface area (Å²) in [6.45, 7) is 0. The van der Waals surface area contributed by atoms with Crippen molar-refractivity contribution in [3.63, 3.8) is 0 Å². The van der Waals surface area contributed by atoms with E-state index >= 15 is 0 Å². The summed E-state index contributed by atoms with van der Waals surface area (Å²) in [6, 6.07) is 14.3. The first-order chi connectivity index (χ1) is 11.6. The highest BCUT2D eigenvalue weighted by atomic mass is 16.4. The van der Waals surface area contributed by atoms with E-state index in [0.717, 1.165) is 11.3 Å². The van der Waals surface area contributed by atoms with Crippen LogP contribution in [0.5, 0.6) is 0 Å². The molecule has 0 spiro atoms. The summed E-state index contributed by atoms with van der Waals surface area (Å²) >= 11 is 0. The van der Waals surface area contributed by atoms with Gasteiger partial charge < -0.3 is 9.32 Å². The van der Waals surface area contributed by atoms with Crippen molar-refractivity contribution in [2.24, 2.45) is 0 Å². The van der Waals surface area contributed by atoms with Crippen molar-refractivity contribution >= 4 is 22.9 Å². The predicted molar refractivity (Wildman–Crippen MR) is 94.6 cm³/mol. The van der Waals surface area contributed by atoms with Gasteiger partial charge in [0.1, 0.15) is 5.58 Å². The minimum absolute atomic E-state index is 0.319. The molecule has 0 saturated carbocycles. The van der Waals surface area contributed by atoms with Gasteiger partial charge in [-0.1, -0.05) is 11.8 Å². The maximum absolute atomic E-state index is 11.5. The van der Waals surface area contributed by atoms with Crippen LogP contribution in [0.4, 0.5) is 5.69 Å². The molecule has 0 aliphatic carbocycles. The molecular formula is C20H15NO3. The van der Waals surface area contributed by atoms with Crippen LogP contribution in [-0.2, 0) is 0 Å². The van der Waals surface area contributed by atoms with E-state index < -0.39 is 5.63 Å². The summed E-state index contributed by atoms with van der Waals surface area (Å²) in [5.74, 6) is 6.12. The summed E-state index contributed by atoms with van der Waals surface area (Å²) < 4.78 is 5.15. The monoisotopic (exact) mass is 317 g/mol. The maximum atomic E-state index is 11.5. The van der Waals surface area contributed by atoms with E-state index in [1.165, 1.54) is 6.07 Å². The highest BCUT2D eigenvalue weighted by Gasteiger charge is 2.05. The van der Waals surface area contributed by atoms with Crippen LogP contribution in [0.25, 0.3) is 11.0 Å². The minimum Gasteiger partial charge on any atom is -0.423 e. The molecular weight excluding hydrogens is 302 g/mol. The van der Waals surface area contributed by atoms with Crippen LogP contribution in [0.3, 0.4) is 0 Å². The molecule has 4 nitrogen and oxygen atoms in total.